The molecule has 0 heterocycles. The molecule has 0 aliphatic carbocycles. The lowest BCUT2D eigenvalue weighted by Gasteiger charge is -2.17. The lowest BCUT2D eigenvalue weighted by atomic mass is 9.99. The van der Waals surface area contributed by atoms with Crippen LogP contribution in [0.1, 0.15) is 24.1 Å². The van der Waals surface area contributed by atoms with E-state index in [4.69, 9.17) is 33.7 Å². The summed E-state index contributed by atoms with van der Waals surface area (Å²) in [5.74, 6) is 0.173. The molecule has 2 rings (SSSR count). The molecule has 0 saturated heterocycles. The fourth-order valence-electron chi connectivity index (χ4n) is 1.97. The summed E-state index contributed by atoms with van der Waals surface area (Å²) in [4.78, 5) is 0. The zero-order chi connectivity index (χ0) is 15.6. The molecule has 112 valence electrons. The Morgan fingerprint density at radius 3 is 2.52 bits per heavy atom. The largest absolute Gasteiger partial charge is 0.492 e. The van der Waals surface area contributed by atoms with Crippen molar-refractivity contribution in [1.82, 2.24) is 0 Å². The molecule has 0 radical (unpaired) electrons. The van der Waals surface area contributed by atoms with Gasteiger partial charge in [0.1, 0.15) is 11.6 Å². The number of halogens is 4. The van der Waals surface area contributed by atoms with E-state index >= 15 is 0 Å². The molecule has 0 aliphatic rings. The van der Waals surface area contributed by atoms with Crippen LogP contribution in [0.4, 0.5) is 4.39 Å². The van der Waals surface area contributed by atoms with Crippen LogP contribution >= 0.6 is 39.1 Å². The zero-order valence-electron chi connectivity index (χ0n) is 11.2. The summed E-state index contributed by atoms with van der Waals surface area (Å²) in [5, 5.41) is 0.886. The fraction of sp³-hybridized carbons (Fsp3) is 0.200. The van der Waals surface area contributed by atoms with Crippen LogP contribution in [-0.4, -0.2) is 6.61 Å². The third-order valence-electron chi connectivity index (χ3n) is 2.98. The summed E-state index contributed by atoms with van der Waals surface area (Å²) in [6, 6.07) is 7.12. The number of hydrogen-bond acceptors (Lipinski definition) is 2. The predicted octanol–water partition coefficient (Wildman–Crippen LogP) is 5.34. The first-order valence-corrected chi connectivity index (χ1v) is 7.81. The third kappa shape index (κ3) is 3.69. The number of ether oxygens (including phenoxy) is 1. The molecular formula is C15H13BrCl2FNO. The lowest BCUT2D eigenvalue weighted by molar-refractivity contribution is 0.340. The summed E-state index contributed by atoms with van der Waals surface area (Å²) < 4.78 is 19.1. The minimum Gasteiger partial charge on any atom is -0.492 e. The summed E-state index contributed by atoms with van der Waals surface area (Å²) in [6.07, 6.45) is 0. The Hall–Kier alpha value is -0.810. The predicted molar refractivity (Wildman–Crippen MR) is 87.8 cm³/mol. The summed E-state index contributed by atoms with van der Waals surface area (Å²) in [6.45, 7) is 2.35. The molecule has 21 heavy (non-hydrogen) atoms. The van der Waals surface area contributed by atoms with Crippen molar-refractivity contribution in [1.29, 1.82) is 0 Å². The van der Waals surface area contributed by atoms with Crippen molar-refractivity contribution < 1.29 is 9.13 Å². The van der Waals surface area contributed by atoms with Crippen molar-refractivity contribution in [2.75, 3.05) is 6.61 Å². The highest BCUT2D eigenvalue weighted by molar-refractivity contribution is 9.10. The Balaban J connectivity index is 2.43. The molecule has 1 unspecified atom stereocenters. The van der Waals surface area contributed by atoms with E-state index in [1.54, 1.807) is 18.2 Å². The second-order valence-electron chi connectivity index (χ2n) is 4.38. The van der Waals surface area contributed by atoms with Crippen LogP contribution in [0.5, 0.6) is 5.75 Å². The van der Waals surface area contributed by atoms with E-state index in [1.807, 2.05) is 6.92 Å². The average Bonchev–Trinajstić information content (AvgIpc) is 2.42. The van der Waals surface area contributed by atoms with Crippen LogP contribution < -0.4 is 10.5 Å². The van der Waals surface area contributed by atoms with Crippen LogP contribution in [0.2, 0.25) is 10.0 Å². The number of benzene rings is 2. The van der Waals surface area contributed by atoms with Crippen LogP contribution in [0, 0.1) is 5.82 Å². The van der Waals surface area contributed by atoms with E-state index < -0.39 is 6.04 Å². The van der Waals surface area contributed by atoms with E-state index in [2.05, 4.69) is 15.9 Å². The standard InChI is InChI=1S/C15H13BrCl2FNO/c1-2-21-14-7-12(17)10(6-13(14)18)15(20)9-4-3-8(19)5-11(9)16/h3-7,15H,2,20H2,1H3. The van der Waals surface area contributed by atoms with Gasteiger partial charge in [-0.3, -0.25) is 0 Å². The van der Waals surface area contributed by atoms with Crippen molar-refractivity contribution in [3.05, 3.63) is 61.8 Å². The van der Waals surface area contributed by atoms with Crippen LogP contribution in [0.25, 0.3) is 0 Å². The van der Waals surface area contributed by atoms with Crippen LogP contribution in [0.3, 0.4) is 0 Å². The second kappa shape index (κ2) is 6.97. The zero-order valence-corrected chi connectivity index (χ0v) is 14.3. The topological polar surface area (TPSA) is 35.2 Å². The molecular weight excluding hydrogens is 380 g/mol. The van der Waals surface area contributed by atoms with Gasteiger partial charge in [0.05, 0.1) is 17.7 Å². The fourth-order valence-corrected chi connectivity index (χ4v) is 3.07. The van der Waals surface area contributed by atoms with E-state index in [-0.39, 0.29) is 5.82 Å². The highest BCUT2D eigenvalue weighted by Gasteiger charge is 2.18. The molecule has 2 aromatic rings. The van der Waals surface area contributed by atoms with Crippen molar-refractivity contribution in [2.45, 2.75) is 13.0 Å². The van der Waals surface area contributed by atoms with Gasteiger partial charge in [0.15, 0.2) is 0 Å². The first kappa shape index (κ1) is 16.6. The first-order chi connectivity index (χ1) is 9.93. The molecule has 2 N–H and O–H groups in total. The highest BCUT2D eigenvalue weighted by atomic mass is 79.9. The molecule has 0 amide bonds. The monoisotopic (exact) mass is 391 g/mol. The first-order valence-electron chi connectivity index (χ1n) is 6.26. The SMILES string of the molecule is CCOc1cc(Cl)c(C(N)c2ccc(F)cc2Br)cc1Cl. The van der Waals surface area contributed by atoms with E-state index in [9.17, 15) is 4.39 Å². The van der Waals surface area contributed by atoms with Gasteiger partial charge >= 0.3 is 0 Å². The third-order valence-corrected chi connectivity index (χ3v) is 4.29. The van der Waals surface area contributed by atoms with Gasteiger partial charge in [0.2, 0.25) is 0 Å². The maximum absolute atomic E-state index is 13.2. The average molecular weight is 393 g/mol. The molecule has 0 spiro atoms. The van der Waals surface area contributed by atoms with Crippen molar-refractivity contribution in [2.24, 2.45) is 5.73 Å². The number of rotatable bonds is 4. The Morgan fingerprint density at radius 2 is 1.90 bits per heavy atom. The Labute approximate surface area is 141 Å². The van der Waals surface area contributed by atoms with E-state index in [0.717, 1.165) is 5.56 Å². The normalized spacial score (nSPS) is 12.3. The highest BCUT2D eigenvalue weighted by Crippen LogP contribution is 2.37. The maximum atomic E-state index is 13.2. The molecule has 0 aromatic heterocycles. The quantitative estimate of drug-likeness (QED) is 0.761. The Kier molecular flexibility index (Phi) is 5.49. The summed E-state index contributed by atoms with van der Waals surface area (Å²) in [7, 11) is 0. The minimum absolute atomic E-state index is 0.339. The number of nitrogens with two attached hydrogens (primary N) is 1. The van der Waals surface area contributed by atoms with E-state index in [1.165, 1.54) is 12.1 Å². The summed E-state index contributed by atoms with van der Waals surface area (Å²) >= 11 is 15.7. The lowest BCUT2D eigenvalue weighted by Crippen LogP contribution is -2.13. The number of hydrogen-bond donors (Lipinski definition) is 1. The van der Waals surface area contributed by atoms with Gasteiger partial charge in [0, 0.05) is 15.6 Å². The molecule has 2 aromatic carbocycles. The van der Waals surface area contributed by atoms with Gasteiger partial charge in [-0.15, -0.1) is 0 Å². The van der Waals surface area contributed by atoms with Gasteiger partial charge < -0.3 is 10.5 Å². The van der Waals surface area contributed by atoms with Gasteiger partial charge in [-0.1, -0.05) is 45.2 Å². The van der Waals surface area contributed by atoms with Crippen molar-refractivity contribution in [3.63, 3.8) is 0 Å². The molecule has 0 saturated carbocycles. The molecule has 0 fully saturated rings. The van der Waals surface area contributed by atoms with Crippen molar-refractivity contribution >= 4 is 39.1 Å². The maximum Gasteiger partial charge on any atom is 0.139 e. The summed E-state index contributed by atoms with van der Waals surface area (Å²) in [5.41, 5.74) is 7.60. The smallest absolute Gasteiger partial charge is 0.139 e. The molecule has 2 nitrogen and oxygen atoms in total. The molecule has 0 bridgehead atoms. The van der Waals surface area contributed by atoms with Crippen molar-refractivity contribution in [3.8, 4) is 5.75 Å². The second-order valence-corrected chi connectivity index (χ2v) is 6.05. The van der Waals surface area contributed by atoms with Gasteiger partial charge in [-0.05, 0) is 36.2 Å². The Morgan fingerprint density at radius 1 is 1.19 bits per heavy atom. The van der Waals surface area contributed by atoms with Crippen LogP contribution in [-0.2, 0) is 0 Å². The van der Waals surface area contributed by atoms with Crippen LogP contribution in [0.15, 0.2) is 34.8 Å². The molecule has 6 heteroatoms. The van der Waals surface area contributed by atoms with Gasteiger partial charge in [-0.2, -0.15) is 0 Å². The molecule has 1 atom stereocenters. The minimum atomic E-state index is -0.527. The Bertz CT molecular complexity index is 666. The molecule has 0 aliphatic heterocycles. The van der Waals surface area contributed by atoms with Gasteiger partial charge in [-0.25, -0.2) is 4.39 Å². The van der Waals surface area contributed by atoms with E-state index in [0.29, 0.717) is 32.4 Å². The van der Waals surface area contributed by atoms with Gasteiger partial charge in [0.25, 0.3) is 0 Å².